The molecule has 2 heterocycles. The van der Waals surface area contributed by atoms with Crippen molar-refractivity contribution in [1.29, 1.82) is 0 Å². The molecule has 2 amide bonds. The summed E-state index contributed by atoms with van der Waals surface area (Å²) >= 11 is 0. The minimum atomic E-state index is -0.113. The van der Waals surface area contributed by atoms with Crippen LogP contribution in [0.1, 0.15) is 49.3 Å². The van der Waals surface area contributed by atoms with Gasteiger partial charge < -0.3 is 20.0 Å². The van der Waals surface area contributed by atoms with Gasteiger partial charge in [-0.2, -0.15) is 0 Å². The molecule has 21 heavy (non-hydrogen) atoms. The van der Waals surface area contributed by atoms with Crippen molar-refractivity contribution < 1.29 is 9.21 Å². The molecule has 0 radical (unpaired) electrons. The van der Waals surface area contributed by atoms with E-state index in [1.165, 1.54) is 19.3 Å². The minimum absolute atomic E-state index is 0.0440. The second-order valence-corrected chi connectivity index (χ2v) is 5.89. The molecule has 1 aliphatic rings. The van der Waals surface area contributed by atoms with Crippen LogP contribution in [-0.4, -0.2) is 37.1 Å². The summed E-state index contributed by atoms with van der Waals surface area (Å²) in [6, 6.07) is 1.82. The van der Waals surface area contributed by atoms with E-state index in [0.717, 1.165) is 36.7 Å². The molecule has 5 nitrogen and oxygen atoms in total. The van der Waals surface area contributed by atoms with Crippen molar-refractivity contribution >= 4 is 6.03 Å². The summed E-state index contributed by atoms with van der Waals surface area (Å²) < 4.78 is 5.50. The third kappa shape index (κ3) is 4.77. The molecule has 1 aromatic rings. The largest absolute Gasteiger partial charge is 0.466 e. The van der Waals surface area contributed by atoms with Crippen LogP contribution in [0, 0.1) is 13.8 Å². The molecule has 0 bridgehead atoms. The highest BCUT2D eigenvalue weighted by Gasteiger charge is 2.15. The number of urea groups is 1. The Morgan fingerprint density at radius 1 is 1.33 bits per heavy atom. The molecule has 0 aromatic carbocycles. The number of nitrogens with one attached hydrogen (secondary N) is 2. The highest BCUT2D eigenvalue weighted by Crippen LogP contribution is 2.20. The van der Waals surface area contributed by atoms with E-state index in [0.29, 0.717) is 6.54 Å². The molecule has 2 rings (SSSR count). The molecule has 1 saturated heterocycles. The first-order valence-corrected chi connectivity index (χ1v) is 7.90. The third-order valence-electron chi connectivity index (χ3n) is 4.06. The van der Waals surface area contributed by atoms with Crippen LogP contribution < -0.4 is 10.6 Å². The number of hydrogen-bond acceptors (Lipinski definition) is 3. The number of likely N-dealkylation sites (tertiary alicyclic amines) is 1. The van der Waals surface area contributed by atoms with E-state index in [-0.39, 0.29) is 12.1 Å². The highest BCUT2D eigenvalue weighted by molar-refractivity contribution is 5.74. The lowest BCUT2D eigenvalue weighted by molar-refractivity contribution is 0.219. The van der Waals surface area contributed by atoms with Crippen molar-refractivity contribution in [2.24, 2.45) is 0 Å². The summed E-state index contributed by atoms with van der Waals surface area (Å²) in [7, 11) is 0. The van der Waals surface area contributed by atoms with Gasteiger partial charge >= 0.3 is 6.03 Å². The van der Waals surface area contributed by atoms with E-state index < -0.39 is 0 Å². The SMILES string of the molecule is Cc1cc(C(C)NC(=O)NCCN2CCCCC2)c(C)o1. The highest BCUT2D eigenvalue weighted by atomic mass is 16.3. The number of furan rings is 1. The maximum atomic E-state index is 11.9. The van der Waals surface area contributed by atoms with Crippen LogP contribution in [0.5, 0.6) is 0 Å². The normalized spacial score (nSPS) is 17.5. The first kappa shape index (κ1) is 15.9. The number of nitrogens with zero attached hydrogens (tertiary/aromatic N) is 1. The van der Waals surface area contributed by atoms with Crippen molar-refractivity contribution in [2.45, 2.75) is 46.1 Å². The van der Waals surface area contributed by atoms with E-state index in [1.807, 2.05) is 26.8 Å². The number of carbonyl (C=O) groups excluding carboxylic acids is 1. The monoisotopic (exact) mass is 293 g/mol. The Morgan fingerprint density at radius 2 is 2.05 bits per heavy atom. The average Bonchev–Trinajstić information content (AvgIpc) is 2.79. The van der Waals surface area contributed by atoms with Gasteiger partial charge in [0.15, 0.2) is 0 Å². The standard InChI is InChI=1S/C16H27N3O2/c1-12-11-15(14(3)21-12)13(2)18-16(20)17-7-10-19-8-5-4-6-9-19/h11,13H,4-10H2,1-3H3,(H2,17,18,20). The molecule has 1 atom stereocenters. The van der Waals surface area contributed by atoms with Crippen LogP contribution in [0.2, 0.25) is 0 Å². The number of hydrogen-bond donors (Lipinski definition) is 2. The molecule has 1 aliphatic heterocycles. The Balaban J connectivity index is 1.70. The smallest absolute Gasteiger partial charge is 0.315 e. The van der Waals surface area contributed by atoms with Gasteiger partial charge in [0.25, 0.3) is 0 Å². The Labute approximate surface area is 127 Å². The molecule has 0 saturated carbocycles. The predicted octanol–water partition coefficient (Wildman–Crippen LogP) is 2.74. The van der Waals surface area contributed by atoms with Gasteiger partial charge in [0.05, 0.1) is 6.04 Å². The molecule has 0 spiro atoms. The molecule has 118 valence electrons. The van der Waals surface area contributed by atoms with Crippen LogP contribution in [0.4, 0.5) is 4.79 Å². The molecule has 5 heteroatoms. The summed E-state index contributed by atoms with van der Waals surface area (Å²) in [6.07, 6.45) is 3.90. The van der Waals surface area contributed by atoms with E-state index >= 15 is 0 Å². The minimum Gasteiger partial charge on any atom is -0.466 e. The second-order valence-electron chi connectivity index (χ2n) is 5.89. The summed E-state index contributed by atoms with van der Waals surface area (Å²) in [5.41, 5.74) is 1.04. The number of aryl methyl sites for hydroxylation is 2. The van der Waals surface area contributed by atoms with Gasteiger partial charge in [-0.05, 0) is 52.8 Å². The fourth-order valence-electron chi connectivity index (χ4n) is 2.92. The zero-order chi connectivity index (χ0) is 15.2. The molecule has 1 aromatic heterocycles. The van der Waals surface area contributed by atoms with Gasteiger partial charge in [0.2, 0.25) is 0 Å². The summed E-state index contributed by atoms with van der Waals surface area (Å²) in [5.74, 6) is 1.75. The molecule has 0 aliphatic carbocycles. The number of carbonyl (C=O) groups is 1. The lowest BCUT2D eigenvalue weighted by Gasteiger charge is -2.26. The Morgan fingerprint density at radius 3 is 2.67 bits per heavy atom. The quantitative estimate of drug-likeness (QED) is 0.877. The summed E-state index contributed by atoms with van der Waals surface area (Å²) in [5, 5.41) is 5.89. The first-order chi connectivity index (χ1) is 10.1. The van der Waals surface area contributed by atoms with Crippen LogP contribution in [0.25, 0.3) is 0 Å². The van der Waals surface area contributed by atoms with Crippen LogP contribution in [-0.2, 0) is 0 Å². The number of piperidine rings is 1. The second kappa shape index (κ2) is 7.50. The van der Waals surface area contributed by atoms with Crippen molar-refractivity contribution in [1.82, 2.24) is 15.5 Å². The lowest BCUT2D eigenvalue weighted by atomic mass is 10.1. The molecule has 2 N–H and O–H groups in total. The fraction of sp³-hybridized carbons (Fsp3) is 0.688. The van der Waals surface area contributed by atoms with E-state index in [1.54, 1.807) is 0 Å². The Kier molecular flexibility index (Phi) is 5.67. The summed E-state index contributed by atoms with van der Waals surface area (Å²) in [6.45, 7) is 9.77. The summed E-state index contributed by atoms with van der Waals surface area (Å²) in [4.78, 5) is 14.3. The predicted molar refractivity (Wildman–Crippen MR) is 83.4 cm³/mol. The van der Waals surface area contributed by atoms with Crippen LogP contribution in [0.15, 0.2) is 10.5 Å². The number of rotatable bonds is 5. The van der Waals surface area contributed by atoms with Gasteiger partial charge in [-0.25, -0.2) is 4.79 Å². The van der Waals surface area contributed by atoms with Crippen molar-refractivity contribution in [3.8, 4) is 0 Å². The fourth-order valence-corrected chi connectivity index (χ4v) is 2.92. The molecular formula is C16H27N3O2. The van der Waals surface area contributed by atoms with Crippen LogP contribution in [0.3, 0.4) is 0 Å². The average molecular weight is 293 g/mol. The van der Waals surface area contributed by atoms with Crippen molar-refractivity contribution in [3.63, 3.8) is 0 Å². The first-order valence-electron chi connectivity index (χ1n) is 7.90. The van der Waals surface area contributed by atoms with Crippen LogP contribution >= 0.6 is 0 Å². The zero-order valence-corrected chi connectivity index (χ0v) is 13.4. The lowest BCUT2D eigenvalue weighted by Crippen LogP contribution is -2.42. The molecule has 1 fully saturated rings. The molecular weight excluding hydrogens is 266 g/mol. The topological polar surface area (TPSA) is 57.5 Å². The van der Waals surface area contributed by atoms with E-state index in [4.69, 9.17) is 4.42 Å². The van der Waals surface area contributed by atoms with Gasteiger partial charge in [-0.3, -0.25) is 0 Å². The van der Waals surface area contributed by atoms with Crippen molar-refractivity contribution in [2.75, 3.05) is 26.2 Å². The Hall–Kier alpha value is -1.49. The van der Waals surface area contributed by atoms with E-state index in [2.05, 4.69) is 15.5 Å². The van der Waals surface area contributed by atoms with Gasteiger partial charge in [0, 0.05) is 18.7 Å². The van der Waals surface area contributed by atoms with Gasteiger partial charge in [-0.1, -0.05) is 6.42 Å². The third-order valence-corrected chi connectivity index (χ3v) is 4.06. The van der Waals surface area contributed by atoms with E-state index in [9.17, 15) is 4.79 Å². The zero-order valence-electron chi connectivity index (χ0n) is 13.4. The maximum Gasteiger partial charge on any atom is 0.315 e. The van der Waals surface area contributed by atoms with Crippen molar-refractivity contribution in [3.05, 3.63) is 23.2 Å². The number of amides is 2. The Bertz CT molecular complexity index is 464. The maximum absolute atomic E-state index is 11.9. The van der Waals surface area contributed by atoms with Gasteiger partial charge in [0.1, 0.15) is 11.5 Å². The van der Waals surface area contributed by atoms with Gasteiger partial charge in [-0.15, -0.1) is 0 Å². The molecule has 1 unspecified atom stereocenters.